The van der Waals surface area contributed by atoms with Gasteiger partial charge in [-0.05, 0) is 31.2 Å². The number of nitrogens with zero attached hydrogens (tertiary/aromatic N) is 1. The first-order valence-electron chi connectivity index (χ1n) is 7.16. The number of hydrogen-bond acceptors (Lipinski definition) is 3. The summed E-state index contributed by atoms with van der Waals surface area (Å²) in [5, 5.41) is 3.74. The summed E-state index contributed by atoms with van der Waals surface area (Å²) in [6, 6.07) is 16.7. The molecule has 0 saturated carbocycles. The van der Waals surface area contributed by atoms with Crippen LogP contribution in [0.2, 0.25) is 0 Å². The lowest BCUT2D eigenvalue weighted by Gasteiger charge is -2.12. The Morgan fingerprint density at radius 2 is 1.86 bits per heavy atom. The molecule has 0 atom stereocenters. The van der Waals surface area contributed by atoms with Gasteiger partial charge in [-0.3, -0.25) is 9.78 Å². The summed E-state index contributed by atoms with van der Waals surface area (Å²) in [5.74, 6) is 0.488. The lowest BCUT2D eigenvalue weighted by molar-refractivity contribution is 0.102. The Labute approximate surface area is 128 Å². The Morgan fingerprint density at radius 1 is 1.09 bits per heavy atom. The standard InChI is InChI=1S/C18H16N2O2/c1-2-22-17-10-6-5-9-16(17)20-18(21)14-11-12-19-15-8-4-3-7-13(14)15/h3-12H,2H2,1H3,(H,20,21). The molecule has 0 saturated heterocycles. The average Bonchev–Trinajstić information content (AvgIpc) is 2.56. The van der Waals surface area contributed by atoms with E-state index in [1.807, 2.05) is 55.5 Å². The van der Waals surface area contributed by atoms with E-state index in [0.717, 1.165) is 10.9 Å². The highest BCUT2D eigenvalue weighted by molar-refractivity contribution is 6.12. The largest absolute Gasteiger partial charge is 0.492 e. The Morgan fingerprint density at radius 3 is 2.73 bits per heavy atom. The summed E-state index contributed by atoms with van der Waals surface area (Å²) in [4.78, 5) is 16.9. The molecule has 1 aromatic heterocycles. The zero-order valence-corrected chi connectivity index (χ0v) is 12.2. The second-order valence-corrected chi connectivity index (χ2v) is 4.76. The van der Waals surface area contributed by atoms with Crippen LogP contribution in [0.25, 0.3) is 10.9 Å². The van der Waals surface area contributed by atoms with Gasteiger partial charge in [-0.15, -0.1) is 0 Å². The molecule has 1 amide bonds. The van der Waals surface area contributed by atoms with Gasteiger partial charge in [0.05, 0.1) is 23.4 Å². The van der Waals surface area contributed by atoms with Crippen LogP contribution in [0.1, 0.15) is 17.3 Å². The quantitative estimate of drug-likeness (QED) is 0.793. The molecule has 0 fully saturated rings. The lowest BCUT2D eigenvalue weighted by Crippen LogP contribution is -2.13. The number of fused-ring (bicyclic) bond motifs is 1. The van der Waals surface area contributed by atoms with Gasteiger partial charge in [-0.1, -0.05) is 30.3 Å². The third kappa shape index (κ3) is 2.76. The second kappa shape index (κ2) is 6.26. The monoisotopic (exact) mass is 292 g/mol. The lowest BCUT2D eigenvalue weighted by atomic mass is 10.1. The third-order valence-corrected chi connectivity index (χ3v) is 3.33. The zero-order valence-electron chi connectivity index (χ0n) is 12.2. The predicted molar refractivity (Wildman–Crippen MR) is 87.3 cm³/mol. The van der Waals surface area contributed by atoms with Gasteiger partial charge in [0.1, 0.15) is 5.75 Å². The summed E-state index contributed by atoms with van der Waals surface area (Å²) in [7, 11) is 0. The van der Waals surface area contributed by atoms with Gasteiger partial charge in [0.15, 0.2) is 0 Å². The fraction of sp³-hybridized carbons (Fsp3) is 0.111. The average molecular weight is 292 g/mol. The Kier molecular flexibility index (Phi) is 4.01. The van der Waals surface area contributed by atoms with E-state index in [4.69, 9.17) is 4.74 Å². The van der Waals surface area contributed by atoms with Gasteiger partial charge in [0.2, 0.25) is 0 Å². The molecule has 4 heteroatoms. The van der Waals surface area contributed by atoms with Crippen molar-refractivity contribution in [2.24, 2.45) is 0 Å². The van der Waals surface area contributed by atoms with Gasteiger partial charge >= 0.3 is 0 Å². The van der Waals surface area contributed by atoms with E-state index in [1.165, 1.54) is 0 Å². The maximum atomic E-state index is 12.6. The number of rotatable bonds is 4. The molecule has 1 heterocycles. The van der Waals surface area contributed by atoms with Gasteiger partial charge in [0, 0.05) is 11.6 Å². The SMILES string of the molecule is CCOc1ccccc1NC(=O)c1ccnc2ccccc12. The fourth-order valence-electron chi connectivity index (χ4n) is 2.33. The number of amides is 1. The van der Waals surface area contributed by atoms with Crippen molar-refractivity contribution in [3.8, 4) is 5.75 Å². The predicted octanol–water partition coefficient (Wildman–Crippen LogP) is 3.89. The number of para-hydroxylation sites is 3. The Bertz CT molecular complexity index is 810. The van der Waals surface area contributed by atoms with E-state index >= 15 is 0 Å². The van der Waals surface area contributed by atoms with Crippen molar-refractivity contribution in [3.05, 3.63) is 66.4 Å². The molecular weight excluding hydrogens is 276 g/mol. The molecule has 3 rings (SSSR count). The molecule has 110 valence electrons. The number of benzene rings is 2. The minimum Gasteiger partial charge on any atom is -0.492 e. The van der Waals surface area contributed by atoms with E-state index in [9.17, 15) is 4.79 Å². The summed E-state index contributed by atoms with van der Waals surface area (Å²) in [6.07, 6.45) is 1.64. The third-order valence-electron chi connectivity index (χ3n) is 3.33. The molecule has 1 N–H and O–H groups in total. The van der Waals surface area contributed by atoms with Crippen LogP contribution in [0.15, 0.2) is 60.8 Å². The smallest absolute Gasteiger partial charge is 0.256 e. The van der Waals surface area contributed by atoms with Crippen molar-refractivity contribution in [1.29, 1.82) is 0 Å². The highest BCUT2D eigenvalue weighted by Gasteiger charge is 2.12. The van der Waals surface area contributed by atoms with Crippen LogP contribution in [0.3, 0.4) is 0 Å². The van der Waals surface area contributed by atoms with Crippen molar-refractivity contribution in [2.75, 3.05) is 11.9 Å². The van der Waals surface area contributed by atoms with Crippen molar-refractivity contribution < 1.29 is 9.53 Å². The molecule has 0 bridgehead atoms. The van der Waals surface area contributed by atoms with Crippen LogP contribution in [-0.4, -0.2) is 17.5 Å². The van der Waals surface area contributed by atoms with Crippen molar-refractivity contribution in [3.63, 3.8) is 0 Å². The van der Waals surface area contributed by atoms with Crippen molar-refractivity contribution >= 4 is 22.5 Å². The molecule has 0 spiro atoms. The molecule has 0 unspecified atom stereocenters. The van der Waals surface area contributed by atoms with Gasteiger partial charge in [-0.25, -0.2) is 0 Å². The number of pyridine rings is 1. The number of anilines is 1. The minimum absolute atomic E-state index is 0.175. The number of carbonyl (C=O) groups is 1. The molecule has 0 aliphatic carbocycles. The molecule has 0 aliphatic heterocycles. The van der Waals surface area contributed by atoms with Gasteiger partial charge < -0.3 is 10.1 Å². The maximum Gasteiger partial charge on any atom is 0.256 e. The summed E-state index contributed by atoms with van der Waals surface area (Å²) in [5.41, 5.74) is 2.06. The van der Waals surface area contributed by atoms with Crippen LogP contribution < -0.4 is 10.1 Å². The number of carbonyl (C=O) groups excluding carboxylic acids is 1. The molecule has 2 aromatic carbocycles. The molecule has 3 aromatic rings. The van der Waals surface area contributed by atoms with Gasteiger partial charge in [0.25, 0.3) is 5.91 Å². The van der Waals surface area contributed by atoms with E-state index in [0.29, 0.717) is 23.6 Å². The van der Waals surface area contributed by atoms with Crippen LogP contribution in [-0.2, 0) is 0 Å². The topological polar surface area (TPSA) is 51.2 Å². The number of hydrogen-bond donors (Lipinski definition) is 1. The van der Waals surface area contributed by atoms with Crippen LogP contribution in [0, 0.1) is 0 Å². The van der Waals surface area contributed by atoms with Crippen molar-refractivity contribution in [1.82, 2.24) is 4.98 Å². The van der Waals surface area contributed by atoms with Crippen LogP contribution in [0.5, 0.6) is 5.75 Å². The van der Waals surface area contributed by atoms with E-state index in [1.54, 1.807) is 12.3 Å². The molecule has 4 nitrogen and oxygen atoms in total. The fourth-order valence-corrected chi connectivity index (χ4v) is 2.33. The number of ether oxygens (including phenoxy) is 1. The van der Waals surface area contributed by atoms with Gasteiger partial charge in [-0.2, -0.15) is 0 Å². The number of aromatic nitrogens is 1. The normalized spacial score (nSPS) is 10.4. The van der Waals surface area contributed by atoms with Crippen LogP contribution in [0.4, 0.5) is 5.69 Å². The highest BCUT2D eigenvalue weighted by Crippen LogP contribution is 2.25. The zero-order chi connectivity index (χ0) is 15.4. The summed E-state index contributed by atoms with van der Waals surface area (Å²) < 4.78 is 5.53. The van der Waals surface area contributed by atoms with Crippen molar-refractivity contribution in [2.45, 2.75) is 6.92 Å². The first kappa shape index (κ1) is 14.1. The highest BCUT2D eigenvalue weighted by atomic mass is 16.5. The van der Waals surface area contributed by atoms with E-state index in [-0.39, 0.29) is 5.91 Å². The van der Waals surface area contributed by atoms with E-state index in [2.05, 4.69) is 10.3 Å². The number of nitrogens with one attached hydrogen (secondary N) is 1. The maximum absolute atomic E-state index is 12.6. The first-order chi connectivity index (χ1) is 10.8. The second-order valence-electron chi connectivity index (χ2n) is 4.76. The first-order valence-corrected chi connectivity index (χ1v) is 7.16. The minimum atomic E-state index is -0.175. The Hall–Kier alpha value is -2.88. The van der Waals surface area contributed by atoms with Crippen LogP contribution >= 0.6 is 0 Å². The molecule has 0 aliphatic rings. The molecular formula is C18H16N2O2. The molecule has 0 radical (unpaired) electrons. The Balaban J connectivity index is 1.94. The molecule has 22 heavy (non-hydrogen) atoms. The van der Waals surface area contributed by atoms with E-state index < -0.39 is 0 Å². The summed E-state index contributed by atoms with van der Waals surface area (Å²) in [6.45, 7) is 2.46. The summed E-state index contributed by atoms with van der Waals surface area (Å²) >= 11 is 0.